The summed E-state index contributed by atoms with van der Waals surface area (Å²) in [6, 6.07) is 1.65. The fraction of sp³-hybridized carbons (Fsp3) is 1.00. The number of hydrogen-bond acceptors (Lipinski definition) is 3. The van der Waals surface area contributed by atoms with Crippen LogP contribution in [-0.2, 0) is 0 Å². The van der Waals surface area contributed by atoms with E-state index in [1.807, 2.05) is 0 Å². The summed E-state index contributed by atoms with van der Waals surface area (Å²) in [6.45, 7) is 8.58. The molecule has 19 heavy (non-hydrogen) atoms. The van der Waals surface area contributed by atoms with E-state index in [4.69, 9.17) is 0 Å². The summed E-state index contributed by atoms with van der Waals surface area (Å²) < 4.78 is 0. The van der Waals surface area contributed by atoms with E-state index in [1.165, 1.54) is 77.7 Å². The third-order valence-electron chi connectivity index (χ3n) is 4.98. The number of piperidine rings is 1. The van der Waals surface area contributed by atoms with Gasteiger partial charge in [0.05, 0.1) is 0 Å². The van der Waals surface area contributed by atoms with Crippen molar-refractivity contribution >= 4 is 0 Å². The smallest absolute Gasteiger partial charge is 0.0221 e. The molecule has 0 saturated carbocycles. The summed E-state index contributed by atoms with van der Waals surface area (Å²) in [7, 11) is 2.31. The molecule has 0 amide bonds. The molecule has 0 bridgehead atoms. The molecule has 3 nitrogen and oxygen atoms in total. The van der Waals surface area contributed by atoms with Crippen LogP contribution in [0.1, 0.15) is 51.9 Å². The van der Waals surface area contributed by atoms with Crippen molar-refractivity contribution in [1.29, 1.82) is 0 Å². The molecular weight excluding hydrogens is 234 g/mol. The maximum atomic E-state index is 3.60. The van der Waals surface area contributed by atoms with Gasteiger partial charge in [-0.05, 0) is 71.8 Å². The summed E-state index contributed by atoms with van der Waals surface area (Å²) >= 11 is 0. The Morgan fingerprint density at radius 2 is 1.89 bits per heavy atom. The van der Waals surface area contributed by atoms with Crippen LogP contribution in [-0.4, -0.2) is 61.7 Å². The Balaban J connectivity index is 1.68. The normalized spacial score (nSPS) is 30.0. The zero-order chi connectivity index (χ0) is 13.5. The van der Waals surface area contributed by atoms with Crippen molar-refractivity contribution in [1.82, 2.24) is 15.1 Å². The van der Waals surface area contributed by atoms with E-state index >= 15 is 0 Å². The maximum absolute atomic E-state index is 3.60. The molecule has 2 fully saturated rings. The van der Waals surface area contributed by atoms with Gasteiger partial charge in [0.2, 0.25) is 0 Å². The number of rotatable bonds is 7. The minimum absolute atomic E-state index is 0.806. The van der Waals surface area contributed by atoms with Crippen molar-refractivity contribution < 1.29 is 0 Å². The third kappa shape index (κ3) is 4.73. The van der Waals surface area contributed by atoms with Crippen LogP contribution in [0.2, 0.25) is 0 Å². The van der Waals surface area contributed by atoms with Crippen LogP contribution in [0.3, 0.4) is 0 Å². The Labute approximate surface area is 119 Å². The van der Waals surface area contributed by atoms with Crippen LogP contribution >= 0.6 is 0 Å². The van der Waals surface area contributed by atoms with Gasteiger partial charge in [-0.15, -0.1) is 0 Å². The van der Waals surface area contributed by atoms with Gasteiger partial charge in [-0.2, -0.15) is 0 Å². The SMILES string of the molecule is CCCNCC1CCCN1CCC1CCCCN1C. The summed E-state index contributed by atoms with van der Waals surface area (Å²) in [5, 5.41) is 3.60. The predicted molar refractivity (Wildman–Crippen MR) is 82.6 cm³/mol. The molecule has 0 aromatic rings. The lowest BCUT2D eigenvalue weighted by atomic mass is 10.00. The molecule has 3 heteroatoms. The highest BCUT2D eigenvalue weighted by molar-refractivity contribution is 4.83. The molecule has 0 spiro atoms. The fourth-order valence-corrected chi connectivity index (χ4v) is 3.69. The van der Waals surface area contributed by atoms with E-state index in [0.29, 0.717) is 0 Å². The number of nitrogens with zero attached hydrogens (tertiary/aromatic N) is 2. The van der Waals surface area contributed by atoms with E-state index in [0.717, 1.165) is 12.1 Å². The minimum atomic E-state index is 0.806. The molecular formula is C16H33N3. The molecule has 0 aromatic carbocycles. The molecule has 0 aliphatic carbocycles. The molecule has 2 atom stereocenters. The first-order chi connectivity index (χ1) is 9.31. The first kappa shape index (κ1) is 15.3. The van der Waals surface area contributed by atoms with Crippen LogP contribution in [0.15, 0.2) is 0 Å². The van der Waals surface area contributed by atoms with Gasteiger partial charge < -0.3 is 10.2 Å². The van der Waals surface area contributed by atoms with Crippen molar-refractivity contribution in [2.45, 2.75) is 64.0 Å². The Morgan fingerprint density at radius 3 is 2.68 bits per heavy atom. The second-order valence-electron chi connectivity index (χ2n) is 6.46. The lowest BCUT2D eigenvalue weighted by molar-refractivity contribution is 0.149. The van der Waals surface area contributed by atoms with Crippen molar-refractivity contribution in [3.05, 3.63) is 0 Å². The maximum Gasteiger partial charge on any atom is 0.0221 e. The lowest BCUT2D eigenvalue weighted by Crippen LogP contribution is -2.42. The fourth-order valence-electron chi connectivity index (χ4n) is 3.69. The zero-order valence-electron chi connectivity index (χ0n) is 13.0. The van der Waals surface area contributed by atoms with E-state index in [1.54, 1.807) is 0 Å². The molecule has 2 aliphatic rings. The van der Waals surface area contributed by atoms with Gasteiger partial charge in [0.25, 0.3) is 0 Å². The average molecular weight is 267 g/mol. The Bertz CT molecular complexity index is 244. The standard InChI is InChI=1S/C16H33N3/c1-3-10-17-14-16-8-6-12-19(16)13-9-15-7-4-5-11-18(15)2/h15-17H,3-14H2,1-2H3. The first-order valence-corrected chi connectivity index (χ1v) is 8.46. The molecule has 112 valence electrons. The van der Waals surface area contributed by atoms with Crippen molar-refractivity contribution in [3.63, 3.8) is 0 Å². The molecule has 2 heterocycles. The number of nitrogens with one attached hydrogen (secondary N) is 1. The topological polar surface area (TPSA) is 18.5 Å². The van der Waals surface area contributed by atoms with Crippen LogP contribution < -0.4 is 5.32 Å². The van der Waals surface area contributed by atoms with Crippen LogP contribution in [0.25, 0.3) is 0 Å². The van der Waals surface area contributed by atoms with Gasteiger partial charge >= 0.3 is 0 Å². The highest BCUT2D eigenvalue weighted by Crippen LogP contribution is 2.21. The Morgan fingerprint density at radius 1 is 1.05 bits per heavy atom. The quantitative estimate of drug-likeness (QED) is 0.714. The largest absolute Gasteiger partial charge is 0.315 e. The Kier molecular flexibility index (Phi) is 6.62. The monoisotopic (exact) mass is 267 g/mol. The molecule has 1 N–H and O–H groups in total. The zero-order valence-corrected chi connectivity index (χ0v) is 13.0. The van der Waals surface area contributed by atoms with E-state index in [-0.39, 0.29) is 0 Å². The summed E-state index contributed by atoms with van der Waals surface area (Å²) in [5.41, 5.74) is 0. The highest BCUT2D eigenvalue weighted by Gasteiger charge is 2.26. The lowest BCUT2D eigenvalue weighted by Gasteiger charge is -2.34. The summed E-state index contributed by atoms with van der Waals surface area (Å²) in [5.74, 6) is 0. The molecule has 2 saturated heterocycles. The molecule has 2 unspecified atom stereocenters. The van der Waals surface area contributed by atoms with Crippen LogP contribution in [0.5, 0.6) is 0 Å². The van der Waals surface area contributed by atoms with Gasteiger partial charge in [0, 0.05) is 18.6 Å². The van der Waals surface area contributed by atoms with Gasteiger partial charge in [-0.3, -0.25) is 4.90 Å². The molecule has 0 radical (unpaired) electrons. The van der Waals surface area contributed by atoms with Gasteiger partial charge in [0.1, 0.15) is 0 Å². The van der Waals surface area contributed by atoms with E-state index in [9.17, 15) is 0 Å². The molecule has 2 rings (SSSR count). The predicted octanol–water partition coefficient (Wildman–Crippen LogP) is 2.32. The van der Waals surface area contributed by atoms with Crippen molar-refractivity contribution in [2.75, 3.05) is 39.8 Å². The van der Waals surface area contributed by atoms with Crippen molar-refractivity contribution in [2.24, 2.45) is 0 Å². The molecule has 2 aliphatic heterocycles. The van der Waals surface area contributed by atoms with Gasteiger partial charge in [-0.25, -0.2) is 0 Å². The minimum Gasteiger partial charge on any atom is -0.315 e. The molecule has 0 aromatic heterocycles. The first-order valence-electron chi connectivity index (χ1n) is 8.46. The van der Waals surface area contributed by atoms with Gasteiger partial charge in [-0.1, -0.05) is 13.3 Å². The second-order valence-corrected chi connectivity index (χ2v) is 6.46. The number of hydrogen-bond donors (Lipinski definition) is 1. The van der Waals surface area contributed by atoms with Crippen molar-refractivity contribution in [3.8, 4) is 0 Å². The average Bonchev–Trinajstić information content (AvgIpc) is 2.86. The van der Waals surface area contributed by atoms with E-state index in [2.05, 4.69) is 29.1 Å². The highest BCUT2D eigenvalue weighted by atomic mass is 15.2. The van der Waals surface area contributed by atoms with Crippen LogP contribution in [0, 0.1) is 0 Å². The number of likely N-dealkylation sites (tertiary alicyclic amines) is 2. The van der Waals surface area contributed by atoms with E-state index < -0.39 is 0 Å². The second kappa shape index (κ2) is 8.23. The summed E-state index contributed by atoms with van der Waals surface area (Å²) in [6.07, 6.45) is 9.69. The van der Waals surface area contributed by atoms with Crippen LogP contribution in [0.4, 0.5) is 0 Å². The summed E-state index contributed by atoms with van der Waals surface area (Å²) in [4.78, 5) is 5.33. The third-order valence-corrected chi connectivity index (χ3v) is 4.98. The van der Waals surface area contributed by atoms with Gasteiger partial charge in [0.15, 0.2) is 0 Å². The Hall–Kier alpha value is -0.120.